The van der Waals surface area contributed by atoms with E-state index in [-0.39, 0.29) is 12.4 Å². The minimum absolute atomic E-state index is 0.207. The van der Waals surface area contributed by atoms with Gasteiger partial charge in [-0.3, -0.25) is 0 Å². The summed E-state index contributed by atoms with van der Waals surface area (Å²) < 4.78 is 27.9. The van der Waals surface area contributed by atoms with E-state index in [2.05, 4.69) is 4.74 Å². The van der Waals surface area contributed by atoms with Crippen LogP contribution in [-0.2, 0) is 20.3 Å². The average Bonchev–Trinajstić information content (AvgIpc) is 2.20. The molecule has 0 aliphatic rings. The van der Waals surface area contributed by atoms with Gasteiger partial charge in [0, 0.05) is 5.02 Å². The van der Waals surface area contributed by atoms with Gasteiger partial charge in [-0.1, -0.05) is 23.7 Å². The second kappa shape index (κ2) is 5.93. The number of halogens is 1. The predicted molar refractivity (Wildman–Crippen MR) is 66.4 cm³/mol. The van der Waals surface area contributed by atoms with Crippen molar-refractivity contribution >= 4 is 21.4 Å². The summed E-state index contributed by atoms with van der Waals surface area (Å²) in [5.74, 6) is -0.803. The van der Waals surface area contributed by atoms with Gasteiger partial charge in [0.25, 0.3) is 5.95 Å². The van der Waals surface area contributed by atoms with Gasteiger partial charge in [0.1, 0.15) is 5.41 Å². The summed E-state index contributed by atoms with van der Waals surface area (Å²) >= 11 is 5.69. The number of sulfone groups is 1. The fraction of sp³-hybridized carbons (Fsp3) is 0.273. The minimum atomic E-state index is -3.55. The standard InChI is InChI=1S/C11H13ClO4S/c1-2-16-11(13)8-17(14,15)7-9-3-5-10(12)6-4-9/h3-6,8,13H,2,7H2,1H3/b11-8+. The van der Waals surface area contributed by atoms with Gasteiger partial charge in [0.2, 0.25) is 0 Å². The van der Waals surface area contributed by atoms with Gasteiger partial charge in [-0.2, -0.15) is 0 Å². The Hall–Kier alpha value is -1.20. The van der Waals surface area contributed by atoms with Crippen molar-refractivity contribution in [3.63, 3.8) is 0 Å². The molecule has 0 heterocycles. The third kappa shape index (κ3) is 5.10. The van der Waals surface area contributed by atoms with E-state index in [1.165, 1.54) is 0 Å². The summed E-state index contributed by atoms with van der Waals surface area (Å²) in [6, 6.07) is 6.45. The number of rotatable bonds is 5. The molecule has 0 fully saturated rings. The molecule has 0 unspecified atom stereocenters. The molecule has 0 aliphatic heterocycles. The average molecular weight is 277 g/mol. The van der Waals surface area contributed by atoms with E-state index >= 15 is 0 Å². The lowest BCUT2D eigenvalue weighted by molar-refractivity contribution is 0.103. The summed E-state index contributed by atoms with van der Waals surface area (Å²) in [6.45, 7) is 1.86. The first-order valence-corrected chi connectivity index (χ1v) is 7.03. The number of aliphatic hydroxyl groups is 1. The molecule has 0 amide bonds. The summed E-state index contributed by atoms with van der Waals surface area (Å²) in [5, 5.41) is 10.4. The van der Waals surface area contributed by atoms with Gasteiger partial charge in [-0.15, -0.1) is 0 Å². The van der Waals surface area contributed by atoms with Crippen molar-refractivity contribution in [2.24, 2.45) is 0 Å². The van der Waals surface area contributed by atoms with E-state index in [0.717, 1.165) is 0 Å². The van der Waals surface area contributed by atoms with Crippen molar-refractivity contribution in [2.45, 2.75) is 12.7 Å². The molecular formula is C11H13ClO4S. The quantitative estimate of drug-likeness (QED) is 0.840. The molecular weight excluding hydrogens is 264 g/mol. The maximum atomic E-state index is 11.6. The lowest BCUT2D eigenvalue weighted by Crippen LogP contribution is -2.03. The number of hydrogen-bond donors (Lipinski definition) is 1. The van der Waals surface area contributed by atoms with Crippen molar-refractivity contribution in [3.8, 4) is 0 Å². The highest BCUT2D eigenvalue weighted by molar-refractivity contribution is 7.93. The smallest absolute Gasteiger partial charge is 0.288 e. The van der Waals surface area contributed by atoms with Gasteiger partial charge >= 0.3 is 0 Å². The minimum Gasteiger partial charge on any atom is -0.480 e. The molecule has 0 radical (unpaired) electrons. The van der Waals surface area contributed by atoms with Crippen molar-refractivity contribution in [3.05, 3.63) is 46.2 Å². The van der Waals surface area contributed by atoms with E-state index in [9.17, 15) is 8.42 Å². The maximum Gasteiger partial charge on any atom is 0.288 e. The Morgan fingerprint density at radius 3 is 2.53 bits per heavy atom. The molecule has 0 atom stereocenters. The Balaban J connectivity index is 2.80. The lowest BCUT2D eigenvalue weighted by atomic mass is 10.2. The van der Waals surface area contributed by atoms with E-state index in [1.54, 1.807) is 31.2 Å². The molecule has 6 heteroatoms. The second-order valence-corrected chi connectivity index (χ2v) is 5.61. The van der Waals surface area contributed by atoms with Crippen LogP contribution in [0.5, 0.6) is 0 Å². The van der Waals surface area contributed by atoms with E-state index in [1.807, 2.05) is 0 Å². The Bertz CT molecular complexity index is 491. The highest BCUT2D eigenvalue weighted by Crippen LogP contribution is 2.13. The zero-order chi connectivity index (χ0) is 12.9. The molecule has 0 saturated carbocycles. The van der Waals surface area contributed by atoms with Crippen LogP contribution in [0.15, 0.2) is 35.6 Å². The number of hydrogen-bond acceptors (Lipinski definition) is 4. The van der Waals surface area contributed by atoms with Gasteiger partial charge in [0.05, 0.1) is 12.4 Å². The zero-order valence-electron chi connectivity index (χ0n) is 9.26. The molecule has 0 saturated heterocycles. The van der Waals surface area contributed by atoms with E-state index in [0.29, 0.717) is 16.0 Å². The van der Waals surface area contributed by atoms with Crippen molar-refractivity contribution < 1.29 is 18.3 Å². The van der Waals surface area contributed by atoms with Gasteiger partial charge < -0.3 is 9.84 Å². The lowest BCUT2D eigenvalue weighted by Gasteiger charge is -2.02. The highest BCUT2D eigenvalue weighted by atomic mass is 35.5. The first-order valence-electron chi connectivity index (χ1n) is 4.93. The van der Waals surface area contributed by atoms with Gasteiger partial charge in [0.15, 0.2) is 9.84 Å². The highest BCUT2D eigenvalue weighted by Gasteiger charge is 2.11. The van der Waals surface area contributed by atoms with Crippen LogP contribution in [0.3, 0.4) is 0 Å². The Labute approximate surface area is 105 Å². The summed E-state index contributed by atoms with van der Waals surface area (Å²) in [5.41, 5.74) is 0.593. The fourth-order valence-corrected chi connectivity index (χ4v) is 2.43. The third-order valence-electron chi connectivity index (χ3n) is 1.85. The predicted octanol–water partition coefficient (Wildman–Crippen LogP) is 2.65. The molecule has 94 valence electrons. The molecule has 1 aromatic carbocycles. The molecule has 1 aromatic rings. The Kier molecular flexibility index (Phi) is 4.84. The van der Waals surface area contributed by atoms with E-state index in [4.69, 9.17) is 16.7 Å². The molecule has 0 bridgehead atoms. The SMILES string of the molecule is CCO/C(O)=C/S(=O)(=O)Cc1ccc(Cl)cc1. The topological polar surface area (TPSA) is 63.6 Å². The van der Waals surface area contributed by atoms with Crippen LogP contribution in [0, 0.1) is 0 Å². The number of ether oxygens (including phenoxy) is 1. The molecule has 0 spiro atoms. The van der Waals surface area contributed by atoms with E-state index < -0.39 is 15.8 Å². The van der Waals surface area contributed by atoms with Crippen LogP contribution in [-0.4, -0.2) is 20.1 Å². The number of aliphatic hydroxyl groups excluding tert-OH is 1. The normalized spacial score (nSPS) is 12.5. The Morgan fingerprint density at radius 2 is 2.00 bits per heavy atom. The summed E-state index contributed by atoms with van der Waals surface area (Å²) in [4.78, 5) is 0. The monoisotopic (exact) mass is 276 g/mol. The third-order valence-corrected chi connectivity index (χ3v) is 3.40. The fourth-order valence-electron chi connectivity index (χ4n) is 1.19. The van der Waals surface area contributed by atoms with Gasteiger partial charge in [-0.05, 0) is 24.6 Å². The molecule has 1 N–H and O–H groups in total. The van der Waals surface area contributed by atoms with Crippen LogP contribution in [0.25, 0.3) is 0 Å². The first kappa shape index (κ1) is 13.9. The van der Waals surface area contributed by atoms with Crippen LogP contribution < -0.4 is 0 Å². The van der Waals surface area contributed by atoms with Crippen molar-refractivity contribution in [2.75, 3.05) is 6.61 Å². The Morgan fingerprint density at radius 1 is 1.41 bits per heavy atom. The summed E-state index contributed by atoms with van der Waals surface area (Å²) in [6.07, 6.45) is 0. The number of benzene rings is 1. The van der Waals surface area contributed by atoms with Crippen LogP contribution in [0.2, 0.25) is 5.02 Å². The zero-order valence-corrected chi connectivity index (χ0v) is 10.8. The summed E-state index contributed by atoms with van der Waals surface area (Å²) in [7, 11) is -3.55. The van der Waals surface area contributed by atoms with Crippen molar-refractivity contribution in [1.82, 2.24) is 0 Å². The molecule has 0 aromatic heterocycles. The molecule has 1 rings (SSSR count). The first-order chi connectivity index (χ1) is 7.93. The van der Waals surface area contributed by atoms with Crippen LogP contribution >= 0.6 is 11.6 Å². The van der Waals surface area contributed by atoms with Crippen molar-refractivity contribution in [1.29, 1.82) is 0 Å². The molecule has 17 heavy (non-hydrogen) atoms. The van der Waals surface area contributed by atoms with Gasteiger partial charge in [-0.25, -0.2) is 8.42 Å². The largest absolute Gasteiger partial charge is 0.480 e. The van der Waals surface area contributed by atoms with Crippen LogP contribution in [0.4, 0.5) is 0 Å². The molecule has 4 nitrogen and oxygen atoms in total. The second-order valence-electron chi connectivity index (χ2n) is 3.32. The van der Waals surface area contributed by atoms with Crippen LogP contribution in [0.1, 0.15) is 12.5 Å². The maximum absolute atomic E-state index is 11.6. The molecule has 0 aliphatic carbocycles.